The molecule has 6 rings (SSSR count). The number of aliphatic carboxylic acids is 1. The average molecular weight is 800 g/mol. The van der Waals surface area contributed by atoms with Crippen LogP contribution in [0.3, 0.4) is 0 Å². The number of ether oxygens (including phenoxy) is 3. The minimum atomic E-state index is -4.37. The van der Waals surface area contributed by atoms with Crippen LogP contribution in [-0.4, -0.2) is 57.3 Å². The number of hydrogen-bond donors (Lipinski definition) is 3. The van der Waals surface area contributed by atoms with Crippen LogP contribution < -0.4 is 19.5 Å². The van der Waals surface area contributed by atoms with Crippen LogP contribution in [0.25, 0.3) is 33.0 Å². The third kappa shape index (κ3) is 8.84. The zero-order chi connectivity index (χ0) is 40.9. The highest BCUT2D eigenvalue weighted by Gasteiger charge is 2.28. The molecule has 3 N–H and O–H groups in total. The van der Waals surface area contributed by atoms with Crippen molar-refractivity contribution in [3.05, 3.63) is 138 Å². The molecule has 0 radical (unpaired) electrons. The minimum absolute atomic E-state index is 0.262. The molecule has 0 aliphatic rings. The van der Waals surface area contributed by atoms with Gasteiger partial charge in [0.25, 0.3) is 15.9 Å². The Morgan fingerprint density at radius 2 is 1.47 bits per heavy atom. The molecular formula is C42H36F3N3O8S. The summed E-state index contributed by atoms with van der Waals surface area (Å²) in [6.07, 6.45) is 0.994. The van der Waals surface area contributed by atoms with Gasteiger partial charge in [0.2, 0.25) is 5.95 Å². The maximum absolute atomic E-state index is 15.4. The van der Waals surface area contributed by atoms with E-state index in [1.165, 1.54) is 56.8 Å². The molecule has 5 aromatic carbocycles. The molecule has 0 aliphatic carbocycles. The standard InChI is InChI=1S/C42H36F3N3O8S/c1-4-56-23-24-17-36(54-2)39(37(18-24)55-3)32-14-11-27(30-7-5-6-8-31(30)32)19-35(42(50)51)47-41(49)40-33(43)21-28(22-34(40)44)48-57(52,53)29-12-9-25(10-13-29)26-15-16-46-38(45)20-26/h5-18,20-22,35,48H,4,19,23H2,1-3H3,(H,47,49)(H,50,51)/t35-/m0/s1. The maximum atomic E-state index is 15.4. The summed E-state index contributed by atoms with van der Waals surface area (Å²) in [6.45, 7) is 2.76. The first kappa shape index (κ1) is 40.2. The Kier molecular flexibility index (Phi) is 12.1. The fourth-order valence-corrected chi connectivity index (χ4v) is 7.45. The van der Waals surface area contributed by atoms with E-state index < -0.39 is 56.8 Å². The first-order chi connectivity index (χ1) is 27.3. The smallest absolute Gasteiger partial charge is 0.326 e. The molecule has 0 saturated heterocycles. The molecule has 0 fully saturated rings. The van der Waals surface area contributed by atoms with Gasteiger partial charge in [-0.25, -0.2) is 27.0 Å². The number of carboxylic acids is 1. The van der Waals surface area contributed by atoms with Gasteiger partial charge in [0.1, 0.15) is 34.7 Å². The van der Waals surface area contributed by atoms with Crippen molar-refractivity contribution in [1.29, 1.82) is 0 Å². The Hall–Kier alpha value is -6.45. The van der Waals surface area contributed by atoms with Crippen LogP contribution in [0.5, 0.6) is 11.5 Å². The van der Waals surface area contributed by atoms with E-state index in [-0.39, 0.29) is 11.3 Å². The summed E-state index contributed by atoms with van der Waals surface area (Å²) < 4.78 is 89.5. The van der Waals surface area contributed by atoms with Crippen LogP contribution in [-0.2, 0) is 32.6 Å². The zero-order valence-electron chi connectivity index (χ0n) is 30.8. The quantitative estimate of drug-likeness (QED) is 0.0885. The zero-order valence-corrected chi connectivity index (χ0v) is 31.6. The van der Waals surface area contributed by atoms with Crippen LogP contribution >= 0.6 is 0 Å². The van der Waals surface area contributed by atoms with Gasteiger partial charge in [-0.3, -0.25) is 9.52 Å². The molecular weight excluding hydrogens is 764 g/mol. The second-order valence-electron chi connectivity index (χ2n) is 12.7. The van der Waals surface area contributed by atoms with Crippen molar-refractivity contribution in [2.75, 3.05) is 25.5 Å². The molecule has 0 unspecified atom stereocenters. The average Bonchev–Trinajstić information content (AvgIpc) is 3.19. The SMILES string of the molecule is CCOCc1cc(OC)c(-c2ccc(C[C@H](NC(=O)c3c(F)cc(NS(=O)(=O)c4ccc(-c5ccnc(F)c5)cc4)cc3F)C(=O)O)c3ccccc23)c(OC)c1. The highest BCUT2D eigenvalue weighted by Crippen LogP contribution is 2.43. The summed E-state index contributed by atoms with van der Waals surface area (Å²) in [6, 6.07) is 22.0. The lowest BCUT2D eigenvalue weighted by Gasteiger charge is -2.20. The molecule has 15 heteroatoms. The predicted octanol–water partition coefficient (Wildman–Crippen LogP) is 7.77. The number of sulfonamides is 1. The van der Waals surface area contributed by atoms with Gasteiger partial charge >= 0.3 is 5.97 Å². The number of anilines is 1. The highest BCUT2D eigenvalue weighted by atomic mass is 32.2. The first-order valence-corrected chi connectivity index (χ1v) is 18.9. The number of carboxylic acid groups (broad SMARTS) is 1. The van der Waals surface area contributed by atoms with Gasteiger partial charge in [-0.15, -0.1) is 0 Å². The molecule has 294 valence electrons. The molecule has 57 heavy (non-hydrogen) atoms. The molecule has 1 amide bonds. The van der Waals surface area contributed by atoms with E-state index in [9.17, 15) is 27.5 Å². The van der Waals surface area contributed by atoms with E-state index in [0.29, 0.717) is 64.5 Å². The number of hydrogen-bond acceptors (Lipinski definition) is 8. The minimum Gasteiger partial charge on any atom is -0.496 e. The number of nitrogens with one attached hydrogen (secondary N) is 2. The summed E-state index contributed by atoms with van der Waals surface area (Å²) in [5.74, 6) is -5.37. The Morgan fingerprint density at radius 1 is 0.825 bits per heavy atom. The normalized spacial score (nSPS) is 11.9. The first-order valence-electron chi connectivity index (χ1n) is 17.4. The van der Waals surface area contributed by atoms with Crippen molar-refractivity contribution in [2.24, 2.45) is 0 Å². The van der Waals surface area contributed by atoms with Crippen LogP contribution in [0.4, 0.5) is 18.9 Å². The Morgan fingerprint density at radius 3 is 2.07 bits per heavy atom. The maximum Gasteiger partial charge on any atom is 0.326 e. The van der Waals surface area contributed by atoms with E-state index in [4.69, 9.17) is 14.2 Å². The van der Waals surface area contributed by atoms with Crippen LogP contribution in [0.1, 0.15) is 28.4 Å². The lowest BCUT2D eigenvalue weighted by Crippen LogP contribution is -2.43. The molecule has 6 aromatic rings. The number of rotatable bonds is 15. The molecule has 0 spiro atoms. The van der Waals surface area contributed by atoms with Crippen molar-refractivity contribution in [3.8, 4) is 33.8 Å². The molecule has 1 atom stereocenters. The number of fused-ring (bicyclic) bond motifs is 1. The number of carbonyl (C=O) groups excluding carboxylic acids is 1. The number of carbonyl (C=O) groups is 2. The fraction of sp³-hybridized carbons (Fsp3) is 0.167. The Balaban J connectivity index is 1.23. The van der Waals surface area contributed by atoms with Gasteiger partial charge in [-0.05, 0) is 88.0 Å². The van der Waals surface area contributed by atoms with Crippen LogP contribution in [0.2, 0.25) is 0 Å². The van der Waals surface area contributed by atoms with Gasteiger partial charge in [0.05, 0.1) is 37.0 Å². The number of halogens is 3. The number of nitrogens with zero attached hydrogens (tertiary/aromatic N) is 1. The molecule has 0 bridgehead atoms. The van der Waals surface area contributed by atoms with Crippen molar-refractivity contribution in [3.63, 3.8) is 0 Å². The summed E-state index contributed by atoms with van der Waals surface area (Å²) in [7, 11) is -1.30. The number of amides is 1. The van der Waals surface area contributed by atoms with E-state index in [0.717, 1.165) is 16.5 Å². The van der Waals surface area contributed by atoms with Crippen molar-refractivity contribution >= 4 is 38.4 Å². The summed E-state index contributed by atoms with van der Waals surface area (Å²) in [5.41, 5.74) is 2.04. The van der Waals surface area contributed by atoms with Crippen molar-refractivity contribution in [1.82, 2.24) is 10.3 Å². The number of methoxy groups -OCH3 is 2. The second-order valence-corrected chi connectivity index (χ2v) is 14.4. The van der Waals surface area contributed by atoms with Crippen LogP contribution in [0, 0.1) is 17.6 Å². The van der Waals surface area contributed by atoms with Gasteiger partial charge in [-0.2, -0.15) is 4.39 Å². The number of pyridine rings is 1. The monoisotopic (exact) mass is 799 g/mol. The van der Waals surface area contributed by atoms with E-state index >= 15 is 8.78 Å². The number of benzene rings is 5. The van der Waals surface area contributed by atoms with Gasteiger partial charge in [0.15, 0.2) is 0 Å². The van der Waals surface area contributed by atoms with Crippen molar-refractivity contribution < 1.29 is 50.5 Å². The molecule has 0 aliphatic heterocycles. The summed E-state index contributed by atoms with van der Waals surface area (Å²) >= 11 is 0. The lowest BCUT2D eigenvalue weighted by molar-refractivity contribution is -0.139. The summed E-state index contributed by atoms with van der Waals surface area (Å²) in [5, 5.41) is 13.7. The van der Waals surface area contributed by atoms with E-state index in [2.05, 4.69) is 15.0 Å². The van der Waals surface area contributed by atoms with Gasteiger partial charge in [0, 0.05) is 25.3 Å². The molecule has 1 aromatic heterocycles. The second kappa shape index (κ2) is 17.1. The third-order valence-corrected chi connectivity index (χ3v) is 10.5. The van der Waals surface area contributed by atoms with E-state index in [1.807, 2.05) is 31.2 Å². The third-order valence-electron chi connectivity index (χ3n) is 9.10. The van der Waals surface area contributed by atoms with Crippen molar-refractivity contribution in [2.45, 2.75) is 30.9 Å². The van der Waals surface area contributed by atoms with E-state index in [1.54, 1.807) is 24.3 Å². The predicted molar refractivity (Wildman–Crippen MR) is 207 cm³/mol. The van der Waals surface area contributed by atoms with Gasteiger partial charge in [-0.1, -0.05) is 48.5 Å². The molecule has 0 saturated carbocycles. The lowest BCUT2D eigenvalue weighted by atomic mass is 9.91. The van der Waals surface area contributed by atoms with Gasteiger partial charge < -0.3 is 24.6 Å². The van der Waals surface area contributed by atoms with Crippen LogP contribution in [0.15, 0.2) is 108 Å². The fourth-order valence-electron chi connectivity index (χ4n) is 6.41. The topological polar surface area (TPSA) is 153 Å². The largest absolute Gasteiger partial charge is 0.496 e. The summed E-state index contributed by atoms with van der Waals surface area (Å²) in [4.78, 5) is 28.9. The Labute approximate surface area is 326 Å². The Bertz CT molecular complexity index is 2540. The highest BCUT2D eigenvalue weighted by molar-refractivity contribution is 7.92. The molecule has 11 nitrogen and oxygen atoms in total. The number of aromatic nitrogens is 1. The molecule has 1 heterocycles.